The van der Waals surface area contributed by atoms with Crippen molar-refractivity contribution in [3.8, 4) is 0 Å². The molecular weight excluding hydrogens is 212 g/mol. The van der Waals surface area contributed by atoms with E-state index in [2.05, 4.69) is 12.2 Å². The summed E-state index contributed by atoms with van der Waals surface area (Å²) in [7, 11) is 0. The zero-order valence-electron chi connectivity index (χ0n) is 10.4. The highest BCUT2D eigenvalue weighted by Gasteiger charge is 2.21. The predicted molar refractivity (Wildman–Crippen MR) is 72.1 cm³/mol. The lowest BCUT2D eigenvalue weighted by Gasteiger charge is -2.24. The molecule has 0 aliphatic heterocycles. The predicted octanol–water partition coefficient (Wildman–Crippen LogP) is 2.68. The second-order valence-corrected chi connectivity index (χ2v) is 5.03. The smallest absolute Gasteiger partial charge is 0.0741 e. The third-order valence-electron chi connectivity index (χ3n) is 3.58. The molecule has 3 heteroatoms. The number of aliphatic hydroxyl groups excluding tert-OH is 1. The number of hydrogen-bond donors (Lipinski definition) is 3. The molecule has 1 aliphatic rings. The number of benzene rings is 1. The van der Waals surface area contributed by atoms with Gasteiger partial charge in [-0.3, -0.25) is 0 Å². The first-order valence-corrected chi connectivity index (χ1v) is 6.47. The van der Waals surface area contributed by atoms with Crippen LogP contribution in [0.25, 0.3) is 0 Å². The molecule has 4 N–H and O–H groups in total. The Balaban J connectivity index is 2.10. The summed E-state index contributed by atoms with van der Waals surface area (Å²) in [4.78, 5) is 0. The summed E-state index contributed by atoms with van der Waals surface area (Å²) in [6, 6.07) is 6.04. The van der Waals surface area contributed by atoms with Gasteiger partial charge in [-0.15, -0.1) is 0 Å². The SMILES string of the molecule is Cc1ccc(N)cc1NC1CCCCCC1O. The number of nitrogens with two attached hydrogens (primary N) is 1. The molecule has 0 aromatic heterocycles. The standard InChI is InChI=1S/C14H22N2O/c1-10-7-8-11(15)9-13(10)16-12-5-3-2-4-6-14(12)17/h7-9,12,14,16-17H,2-6,15H2,1H3. The van der Waals surface area contributed by atoms with Gasteiger partial charge in [-0.25, -0.2) is 0 Å². The number of hydrogen-bond acceptors (Lipinski definition) is 3. The maximum atomic E-state index is 10.1. The van der Waals surface area contributed by atoms with Crippen LogP contribution in [0.2, 0.25) is 0 Å². The summed E-state index contributed by atoms with van der Waals surface area (Å²) in [6.07, 6.45) is 5.25. The summed E-state index contributed by atoms with van der Waals surface area (Å²) < 4.78 is 0. The summed E-state index contributed by atoms with van der Waals surface area (Å²) >= 11 is 0. The van der Waals surface area contributed by atoms with Gasteiger partial charge in [0.05, 0.1) is 12.1 Å². The fraction of sp³-hybridized carbons (Fsp3) is 0.571. The molecule has 94 valence electrons. The molecule has 17 heavy (non-hydrogen) atoms. The van der Waals surface area contributed by atoms with Crippen molar-refractivity contribution in [3.05, 3.63) is 23.8 Å². The highest BCUT2D eigenvalue weighted by Crippen LogP contribution is 2.24. The average Bonchev–Trinajstić information content (AvgIpc) is 2.50. The Kier molecular flexibility index (Phi) is 3.89. The maximum absolute atomic E-state index is 10.1. The summed E-state index contributed by atoms with van der Waals surface area (Å²) in [5, 5.41) is 13.5. The molecule has 0 saturated heterocycles. The van der Waals surface area contributed by atoms with Crippen molar-refractivity contribution in [2.75, 3.05) is 11.1 Å². The summed E-state index contributed by atoms with van der Waals surface area (Å²) in [5.74, 6) is 0. The number of nitrogens with one attached hydrogen (secondary N) is 1. The molecule has 1 fully saturated rings. The van der Waals surface area contributed by atoms with Gasteiger partial charge in [0.15, 0.2) is 0 Å². The van der Waals surface area contributed by atoms with Gasteiger partial charge in [0.25, 0.3) is 0 Å². The van der Waals surface area contributed by atoms with Crippen LogP contribution in [0.3, 0.4) is 0 Å². The zero-order valence-corrected chi connectivity index (χ0v) is 10.4. The van der Waals surface area contributed by atoms with Crippen molar-refractivity contribution >= 4 is 11.4 Å². The zero-order chi connectivity index (χ0) is 12.3. The fourth-order valence-electron chi connectivity index (χ4n) is 2.45. The first-order valence-electron chi connectivity index (χ1n) is 6.47. The Labute approximate surface area is 103 Å². The van der Waals surface area contributed by atoms with E-state index in [0.717, 1.165) is 30.6 Å². The van der Waals surface area contributed by atoms with E-state index in [4.69, 9.17) is 5.73 Å². The molecule has 0 radical (unpaired) electrons. The third-order valence-corrected chi connectivity index (χ3v) is 3.58. The van der Waals surface area contributed by atoms with E-state index in [-0.39, 0.29) is 12.1 Å². The molecule has 0 bridgehead atoms. The minimum Gasteiger partial charge on any atom is -0.399 e. The van der Waals surface area contributed by atoms with Gasteiger partial charge in [0, 0.05) is 11.4 Å². The lowest BCUT2D eigenvalue weighted by atomic mass is 10.0. The van der Waals surface area contributed by atoms with E-state index < -0.39 is 0 Å². The molecule has 3 nitrogen and oxygen atoms in total. The van der Waals surface area contributed by atoms with Crippen LogP contribution >= 0.6 is 0 Å². The van der Waals surface area contributed by atoms with Crippen molar-refractivity contribution in [3.63, 3.8) is 0 Å². The quantitative estimate of drug-likeness (QED) is 0.544. The number of rotatable bonds is 2. The molecule has 2 atom stereocenters. The second-order valence-electron chi connectivity index (χ2n) is 5.03. The van der Waals surface area contributed by atoms with E-state index in [1.54, 1.807) is 0 Å². The number of aryl methyl sites for hydroxylation is 1. The molecule has 1 aromatic carbocycles. The van der Waals surface area contributed by atoms with E-state index in [0.29, 0.717) is 0 Å². The van der Waals surface area contributed by atoms with Gasteiger partial charge in [-0.05, 0) is 37.5 Å². The second kappa shape index (κ2) is 5.41. The first-order chi connectivity index (χ1) is 8.16. The Hall–Kier alpha value is -1.22. The minimum atomic E-state index is -0.238. The number of anilines is 2. The molecule has 0 heterocycles. The van der Waals surface area contributed by atoms with E-state index in [1.807, 2.05) is 18.2 Å². The van der Waals surface area contributed by atoms with Crippen molar-refractivity contribution in [1.82, 2.24) is 0 Å². The average molecular weight is 234 g/mol. The van der Waals surface area contributed by atoms with Crippen LogP contribution in [0.1, 0.15) is 37.7 Å². The van der Waals surface area contributed by atoms with Crippen LogP contribution in [-0.4, -0.2) is 17.3 Å². The van der Waals surface area contributed by atoms with Crippen LogP contribution in [0.5, 0.6) is 0 Å². The lowest BCUT2D eigenvalue weighted by Crippen LogP contribution is -2.32. The van der Waals surface area contributed by atoms with Crippen molar-refractivity contribution in [2.45, 2.75) is 51.2 Å². The number of aliphatic hydroxyl groups is 1. The summed E-state index contributed by atoms with van der Waals surface area (Å²) in [5.41, 5.74) is 8.79. The largest absolute Gasteiger partial charge is 0.399 e. The Morgan fingerprint density at radius 2 is 2.00 bits per heavy atom. The molecule has 0 spiro atoms. The molecule has 2 unspecified atom stereocenters. The highest BCUT2D eigenvalue weighted by atomic mass is 16.3. The molecule has 0 amide bonds. The molecule has 1 aliphatic carbocycles. The van der Waals surface area contributed by atoms with Crippen LogP contribution in [-0.2, 0) is 0 Å². The minimum absolute atomic E-state index is 0.165. The van der Waals surface area contributed by atoms with E-state index in [9.17, 15) is 5.11 Å². The van der Waals surface area contributed by atoms with Crippen LogP contribution in [0, 0.1) is 6.92 Å². The topological polar surface area (TPSA) is 58.3 Å². The van der Waals surface area contributed by atoms with Crippen LogP contribution in [0.15, 0.2) is 18.2 Å². The Morgan fingerprint density at radius 3 is 2.82 bits per heavy atom. The van der Waals surface area contributed by atoms with Gasteiger partial charge >= 0.3 is 0 Å². The van der Waals surface area contributed by atoms with Crippen molar-refractivity contribution in [1.29, 1.82) is 0 Å². The Morgan fingerprint density at radius 1 is 1.24 bits per heavy atom. The van der Waals surface area contributed by atoms with Crippen molar-refractivity contribution in [2.24, 2.45) is 0 Å². The molecule has 1 saturated carbocycles. The maximum Gasteiger partial charge on any atom is 0.0741 e. The lowest BCUT2D eigenvalue weighted by molar-refractivity contribution is 0.144. The molecule has 2 rings (SSSR count). The fourth-order valence-corrected chi connectivity index (χ4v) is 2.45. The highest BCUT2D eigenvalue weighted by molar-refractivity contribution is 5.59. The molecular formula is C14H22N2O. The van der Waals surface area contributed by atoms with Gasteiger partial charge < -0.3 is 16.2 Å². The Bertz CT molecular complexity index is 378. The van der Waals surface area contributed by atoms with Gasteiger partial charge in [-0.1, -0.05) is 25.3 Å². The summed E-state index contributed by atoms with van der Waals surface area (Å²) in [6.45, 7) is 2.06. The van der Waals surface area contributed by atoms with E-state index >= 15 is 0 Å². The van der Waals surface area contributed by atoms with Crippen LogP contribution < -0.4 is 11.1 Å². The third kappa shape index (κ3) is 3.13. The monoisotopic (exact) mass is 234 g/mol. The number of nitrogen functional groups attached to an aromatic ring is 1. The van der Waals surface area contributed by atoms with E-state index in [1.165, 1.54) is 18.4 Å². The molecule has 1 aromatic rings. The van der Waals surface area contributed by atoms with Crippen molar-refractivity contribution < 1.29 is 5.11 Å². The van der Waals surface area contributed by atoms with Gasteiger partial charge in [0.1, 0.15) is 0 Å². The van der Waals surface area contributed by atoms with Gasteiger partial charge in [0.2, 0.25) is 0 Å². The normalized spacial score (nSPS) is 25.3. The first kappa shape index (κ1) is 12.2. The van der Waals surface area contributed by atoms with Gasteiger partial charge in [-0.2, -0.15) is 0 Å². The van der Waals surface area contributed by atoms with Crippen LogP contribution in [0.4, 0.5) is 11.4 Å².